The van der Waals surface area contributed by atoms with E-state index < -0.39 is 0 Å². The van der Waals surface area contributed by atoms with E-state index in [0.717, 1.165) is 6.42 Å². The molecular formula is C18H16FN3O. The maximum atomic E-state index is 12.9. The molecule has 0 saturated carbocycles. The first kappa shape index (κ1) is 15.0. The van der Waals surface area contributed by atoms with Crippen LogP contribution in [0.3, 0.4) is 0 Å². The normalized spacial score (nSPS) is 10.5. The number of nitrogens with one attached hydrogen (secondary N) is 1. The van der Waals surface area contributed by atoms with Gasteiger partial charge in [-0.25, -0.2) is 9.07 Å². The van der Waals surface area contributed by atoms with Crippen molar-refractivity contribution in [1.29, 1.82) is 0 Å². The van der Waals surface area contributed by atoms with E-state index in [1.54, 1.807) is 29.1 Å². The zero-order valence-electron chi connectivity index (χ0n) is 12.4. The van der Waals surface area contributed by atoms with Crippen molar-refractivity contribution in [2.75, 3.05) is 6.54 Å². The average Bonchev–Trinajstić information content (AvgIpc) is 3.06. The summed E-state index contributed by atoms with van der Waals surface area (Å²) in [6.45, 7) is 0.548. The fourth-order valence-electron chi connectivity index (χ4n) is 2.24. The maximum Gasteiger partial charge on any atom is 0.271 e. The summed E-state index contributed by atoms with van der Waals surface area (Å²) in [5.41, 5.74) is 2.21. The largest absolute Gasteiger partial charge is 0.350 e. The Bertz CT molecular complexity index is 782. The van der Waals surface area contributed by atoms with Crippen molar-refractivity contribution in [3.05, 3.63) is 83.9 Å². The Morgan fingerprint density at radius 1 is 1.04 bits per heavy atom. The zero-order valence-corrected chi connectivity index (χ0v) is 12.4. The van der Waals surface area contributed by atoms with E-state index in [-0.39, 0.29) is 11.7 Å². The van der Waals surface area contributed by atoms with Gasteiger partial charge < -0.3 is 5.32 Å². The van der Waals surface area contributed by atoms with E-state index in [4.69, 9.17) is 0 Å². The zero-order chi connectivity index (χ0) is 16.1. The van der Waals surface area contributed by atoms with Crippen molar-refractivity contribution in [3.8, 4) is 5.69 Å². The second-order valence-electron chi connectivity index (χ2n) is 5.11. The van der Waals surface area contributed by atoms with Gasteiger partial charge in [0, 0.05) is 12.7 Å². The molecule has 0 atom stereocenters. The number of hydrogen-bond acceptors (Lipinski definition) is 2. The second kappa shape index (κ2) is 6.87. The standard InChI is InChI=1S/C18H16FN3O/c19-15-6-8-16(9-7-15)22-13-11-17(21-22)18(23)20-12-10-14-4-2-1-3-5-14/h1-9,11,13H,10,12H2,(H,20,23). The van der Waals surface area contributed by atoms with Crippen molar-refractivity contribution < 1.29 is 9.18 Å². The third-order valence-corrected chi connectivity index (χ3v) is 3.45. The van der Waals surface area contributed by atoms with Crippen LogP contribution in [0.5, 0.6) is 0 Å². The number of benzene rings is 2. The molecule has 1 heterocycles. The van der Waals surface area contributed by atoms with Gasteiger partial charge in [0.2, 0.25) is 0 Å². The van der Waals surface area contributed by atoms with Crippen LogP contribution in [0.15, 0.2) is 66.9 Å². The van der Waals surface area contributed by atoms with Crippen molar-refractivity contribution >= 4 is 5.91 Å². The molecule has 1 aromatic heterocycles. The summed E-state index contributed by atoms with van der Waals surface area (Å²) in [6, 6.07) is 17.5. The van der Waals surface area contributed by atoms with E-state index in [0.29, 0.717) is 17.9 Å². The number of carbonyl (C=O) groups is 1. The summed E-state index contributed by atoms with van der Waals surface area (Å²) in [7, 11) is 0. The highest BCUT2D eigenvalue weighted by molar-refractivity contribution is 5.92. The molecule has 4 nitrogen and oxygen atoms in total. The lowest BCUT2D eigenvalue weighted by atomic mass is 10.1. The highest BCUT2D eigenvalue weighted by Crippen LogP contribution is 2.09. The molecule has 116 valence electrons. The minimum absolute atomic E-state index is 0.221. The van der Waals surface area contributed by atoms with Crippen LogP contribution < -0.4 is 5.32 Å². The van der Waals surface area contributed by atoms with Crippen LogP contribution >= 0.6 is 0 Å². The number of nitrogens with zero attached hydrogens (tertiary/aromatic N) is 2. The Morgan fingerprint density at radius 2 is 1.78 bits per heavy atom. The number of amides is 1. The molecule has 0 spiro atoms. The van der Waals surface area contributed by atoms with Gasteiger partial charge in [-0.2, -0.15) is 5.10 Å². The van der Waals surface area contributed by atoms with Crippen molar-refractivity contribution in [3.63, 3.8) is 0 Å². The number of halogens is 1. The quantitative estimate of drug-likeness (QED) is 0.787. The molecule has 3 rings (SSSR count). The Labute approximate surface area is 133 Å². The van der Waals surface area contributed by atoms with Crippen LogP contribution in [-0.4, -0.2) is 22.2 Å². The lowest BCUT2D eigenvalue weighted by molar-refractivity contribution is 0.0948. The molecule has 0 saturated heterocycles. The lowest BCUT2D eigenvalue weighted by Crippen LogP contribution is -2.26. The molecular weight excluding hydrogens is 293 g/mol. The molecule has 23 heavy (non-hydrogen) atoms. The van der Waals surface area contributed by atoms with E-state index >= 15 is 0 Å². The van der Waals surface area contributed by atoms with Gasteiger partial charge in [-0.15, -0.1) is 0 Å². The second-order valence-corrected chi connectivity index (χ2v) is 5.11. The summed E-state index contributed by atoms with van der Waals surface area (Å²) in [5.74, 6) is -0.526. The molecule has 0 bridgehead atoms. The molecule has 2 aromatic carbocycles. The summed E-state index contributed by atoms with van der Waals surface area (Å²) in [5, 5.41) is 7.06. The van der Waals surface area contributed by atoms with Crippen molar-refractivity contribution in [2.24, 2.45) is 0 Å². The molecule has 0 fully saturated rings. The summed E-state index contributed by atoms with van der Waals surface area (Å²) >= 11 is 0. The van der Waals surface area contributed by atoms with Crippen LogP contribution in [0.1, 0.15) is 16.1 Å². The highest BCUT2D eigenvalue weighted by Gasteiger charge is 2.09. The summed E-state index contributed by atoms with van der Waals surface area (Å²) in [6.07, 6.45) is 2.45. The Hall–Kier alpha value is -2.95. The minimum atomic E-state index is -0.306. The SMILES string of the molecule is O=C(NCCc1ccccc1)c1ccn(-c2ccc(F)cc2)n1. The fourth-order valence-corrected chi connectivity index (χ4v) is 2.24. The molecule has 0 unspecified atom stereocenters. The third kappa shape index (κ3) is 3.83. The molecule has 0 aliphatic carbocycles. The Balaban J connectivity index is 1.59. The van der Waals surface area contributed by atoms with E-state index in [9.17, 15) is 9.18 Å². The molecule has 3 aromatic rings. The minimum Gasteiger partial charge on any atom is -0.350 e. The highest BCUT2D eigenvalue weighted by atomic mass is 19.1. The maximum absolute atomic E-state index is 12.9. The van der Waals surface area contributed by atoms with Gasteiger partial charge in [0.05, 0.1) is 5.69 Å². The first-order valence-electron chi connectivity index (χ1n) is 7.36. The average molecular weight is 309 g/mol. The molecule has 5 heteroatoms. The van der Waals surface area contributed by atoms with E-state index in [1.165, 1.54) is 17.7 Å². The Morgan fingerprint density at radius 3 is 2.52 bits per heavy atom. The molecule has 0 aliphatic heterocycles. The topological polar surface area (TPSA) is 46.9 Å². The van der Waals surface area contributed by atoms with Gasteiger partial charge in [0.1, 0.15) is 5.82 Å². The van der Waals surface area contributed by atoms with Crippen LogP contribution in [0.25, 0.3) is 5.69 Å². The van der Waals surface area contributed by atoms with Gasteiger partial charge in [-0.1, -0.05) is 30.3 Å². The monoisotopic (exact) mass is 309 g/mol. The fraction of sp³-hybridized carbons (Fsp3) is 0.111. The van der Waals surface area contributed by atoms with Crippen molar-refractivity contribution in [1.82, 2.24) is 15.1 Å². The van der Waals surface area contributed by atoms with Crippen LogP contribution in [0.4, 0.5) is 4.39 Å². The van der Waals surface area contributed by atoms with Gasteiger partial charge in [0.15, 0.2) is 5.69 Å². The van der Waals surface area contributed by atoms with E-state index in [2.05, 4.69) is 10.4 Å². The molecule has 1 amide bonds. The van der Waals surface area contributed by atoms with Crippen LogP contribution in [0, 0.1) is 5.82 Å². The number of aromatic nitrogens is 2. The number of carbonyl (C=O) groups excluding carboxylic acids is 1. The van der Waals surface area contributed by atoms with Crippen molar-refractivity contribution in [2.45, 2.75) is 6.42 Å². The Kier molecular flexibility index (Phi) is 4.47. The third-order valence-electron chi connectivity index (χ3n) is 3.45. The summed E-state index contributed by atoms with van der Waals surface area (Å²) < 4.78 is 14.5. The van der Waals surface area contributed by atoms with Gasteiger partial charge in [0.25, 0.3) is 5.91 Å². The van der Waals surface area contributed by atoms with Crippen LogP contribution in [0.2, 0.25) is 0 Å². The smallest absolute Gasteiger partial charge is 0.271 e. The first-order chi connectivity index (χ1) is 11.2. The predicted octanol–water partition coefficient (Wildman–Crippen LogP) is 2.98. The van der Waals surface area contributed by atoms with Gasteiger partial charge in [-0.3, -0.25) is 4.79 Å². The molecule has 1 N–H and O–H groups in total. The molecule has 0 aliphatic rings. The lowest BCUT2D eigenvalue weighted by Gasteiger charge is -2.04. The van der Waals surface area contributed by atoms with E-state index in [1.807, 2.05) is 30.3 Å². The van der Waals surface area contributed by atoms with Gasteiger partial charge >= 0.3 is 0 Å². The summed E-state index contributed by atoms with van der Waals surface area (Å²) in [4.78, 5) is 12.1. The number of rotatable bonds is 5. The first-order valence-corrected chi connectivity index (χ1v) is 7.36. The molecule has 0 radical (unpaired) electrons. The number of hydrogen-bond donors (Lipinski definition) is 1. The van der Waals surface area contributed by atoms with Crippen LogP contribution in [-0.2, 0) is 6.42 Å². The van der Waals surface area contributed by atoms with Gasteiger partial charge in [-0.05, 0) is 42.3 Å². The predicted molar refractivity (Wildman–Crippen MR) is 86.0 cm³/mol.